The van der Waals surface area contributed by atoms with Crippen LogP contribution >= 0.6 is 0 Å². The fraction of sp³-hybridized carbons (Fsp3) is 0.667. The van der Waals surface area contributed by atoms with Gasteiger partial charge in [0.25, 0.3) is 0 Å². The average molecular weight is 258 g/mol. The molecular formula is C18H26O. The topological polar surface area (TPSA) is 20.2 Å². The minimum atomic E-state index is -0.829. The molecule has 0 saturated heterocycles. The first-order valence-electron chi connectivity index (χ1n) is 7.65. The quantitative estimate of drug-likeness (QED) is 0.739. The maximum Gasteiger partial charge on any atom is 0.107 e. The van der Waals surface area contributed by atoms with Crippen LogP contribution in [0.1, 0.15) is 40.0 Å². The lowest BCUT2D eigenvalue weighted by Gasteiger charge is -2.39. The number of rotatable bonds is 2. The Balaban J connectivity index is 1.89. The molecule has 1 nitrogen and oxygen atoms in total. The van der Waals surface area contributed by atoms with Gasteiger partial charge in [0.2, 0.25) is 0 Å². The number of hydrogen-bond acceptors (Lipinski definition) is 1. The Kier molecular flexibility index (Phi) is 2.83. The molecule has 0 spiro atoms. The van der Waals surface area contributed by atoms with Gasteiger partial charge in [0.1, 0.15) is 5.60 Å². The van der Waals surface area contributed by atoms with E-state index in [1.54, 1.807) is 6.08 Å². The molecule has 0 aromatic rings. The Labute approximate surface area is 117 Å². The molecule has 0 aliphatic heterocycles. The van der Waals surface area contributed by atoms with E-state index in [1.165, 1.54) is 12.0 Å². The molecule has 0 aromatic carbocycles. The molecule has 0 aromatic heterocycles. The van der Waals surface area contributed by atoms with Crippen molar-refractivity contribution < 1.29 is 5.11 Å². The maximum atomic E-state index is 10.8. The number of aliphatic hydroxyl groups is 1. The van der Waals surface area contributed by atoms with Crippen LogP contribution in [-0.2, 0) is 0 Å². The van der Waals surface area contributed by atoms with Crippen molar-refractivity contribution in [3.8, 4) is 0 Å². The van der Waals surface area contributed by atoms with Crippen molar-refractivity contribution >= 4 is 0 Å². The van der Waals surface area contributed by atoms with Crippen LogP contribution in [-0.4, -0.2) is 10.7 Å². The smallest absolute Gasteiger partial charge is 0.107 e. The van der Waals surface area contributed by atoms with Gasteiger partial charge in [0.05, 0.1) is 0 Å². The largest absolute Gasteiger partial charge is 0.381 e. The second-order valence-electron chi connectivity index (χ2n) is 7.31. The summed E-state index contributed by atoms with van der Waals surface area (Å²) in [5.41, 5.74) is 1.15. The molecule has 104 valence electrons. The van der Waals surface area contributed by atoms with Gasteiger partial charge in [-0.25, -0.2) is 0 Å². The SMILES string of the molecule is C=C[C@]1(O)C=CCC[C@@H]1C1=CC[C@@H]2[C@H]([C@H]1C)C2(C)C. The second-order valence-corrected chi connectivity index (χ2v) is 7.31. The first-order valence-corrected chi connectivity index (χ1v) is 7.65. The molecule has 1 heteroatoms. The Hall–Kier alpha value is -0.820. The van der Waals surface area contributed by atoms with E-state index in [1.807, 2.05) is 6.08 Å². The van der Waals surface area contributed by atoms with Crippen LogP contribution in [0.2, 0.25) is 0 Å². The highest BCUT2D eigenvalue weighted by atomic mass is 16.3. The van der Waals surface area contributed by atoms with E-state index < -0.39 is 5.60 Å². The Bertz CT molecular complexity index is 456. The molecule has 1 fully saturated rings. The van der Waals surface area contributed by atoms with Crippen LogP contribution in [0.5, 0.6) is 0 Å². The molecule has 5 atom stereocenters. The predicted octanol–water partition coefficient (Wildman–Crippen LogP) is 4.11. The summed E-state index contributed by atoms with van der Waals surface area (Å²) in [6.07, 6.45) is 11.5. The zero-order valence-electron chi connectivity index (χ0n) is 12.4. The first kappa shape index (κ1) is 13.2. The van der Waals surface area contributed by atoms with Crippen LogP contribution in [0.3, 0.4) is 0 Å². The third-order valence-electron chi connectivity index (χ3n) is 6.11. The predicted molar refractivity (Wildman–Crippen MR) is 79.6 cm³/mol. The van der Waals surface area contributed by atoms with Crippen molar-refractivity contribution in [3.63, 3.8) is 0 Å². The molecular weight excluding hydrogens is 232 g/mol. The van der Waals surface area contributed by atoms with Crippen molar-refractivity contribution in [1.82, 2.24) is 0 Å². The molecule has 0 bridgehead atoms. The second kappa shape index (κ2) is 4.09. The van der Waals surface area contributed by atoms with Crippen molar-refractivity contribution in [2.45, 2.75) is 45.6 Å². The van der Waals surface area contributed by atoms with Crippen LogP contribution in [0.25, 0.3) is 0 Å². The summed E-state index contributed by atoms with van der Waals surface area (Å²) in [7, 11) is 0. The third-order valence-corrected chi connectivity index (χ3v) is 6.11. The van der Waals surface area contributed by atoms with Crippen LogP contribution in [0, 0.1) is 29.1 Å². The van der Waals surface area contributed by atoms with Crippen LogP contribution in [0.15, 0.2) is 36.5 Å². The van der Waals surface area contributed by atoms with E-state index >= 15 is 0 Å². The van der Waals surface area contributed by atoms with Crippen LogP contribution in [0.4, 0.5) is 0 Å². The van der Waals surface area contributed by atoms with E-state index in [2.05, 4.69) is 39.5 Å². The fourth-order valence-corrected chi connectivity index (χ4v) is 4.87. The Morgan fingerprint density at radius 3 is 2.84 bits per heavy atom. The van der Waals surface area contributed by atoms with Gasteiger partial charge in [0, 0.05) is 5.92 Å². The number of hydrogen-bond donors (Lipinski definition) is 1. The highest BCUT2D eigenvalue weighted by molar-refractivity contribution is 5.32. The molecule has 1 saturated carbocycles. The summed E-state index contributed by atoms with van der Waals surface area (Å²) in [5.74, 6) is 2.52. The van der Waals surface area contributed by atoms with Gasteiger partial charge in [-0.2, -0.15) is 0 Å². The highest BCUT2D eigenvalue weighted by Gasteiger charge is 2.61. The van der Waals surface area contributed by atoms with Gasteiger partial charge >= 0.3 is 0 Å². The zero-order chi connectivity index (χ0) is 13.8. The molecule has 3 aliphatic carbocycles. The van der Waals surface area contributed by atoms with Gasteiger partial charge in [0.15, 0.2) is 0 Å². The minimum Gasteiger partial charge on any atom is -0.381 e. The molecule has 19 heavy (non-hydrogen) atoms. The lowest BCUT2D eigenvalue weighted by atomic mass is 9.69. The molecule has 0 amide bonds. The third kappa shape index (κ3) is 1.78. The fourth-order valence-electron chi connectivity index (χ4n) is 4.87. The van der Waals surface area contributed by atoms with Crippen molar-refractivity contribution in [1.29, 1.82) is 0 Å². The lowest BCUT2D eigenvalue weighted by molar-refractivity contribution is 0.0755. The summed E-state index contributed by atoms with van der Waals surface area (Å²) >= 11 is 0. The van der Waals surface area contributed by atoms with Crippen molar-refractivity contribution in [2.24, 2.45) is 29.1 Å². The normalized spacial score (nSPS) is 47.3. The molecule has 0 unspecified atom stereocenters. The maximum absolute atomic E-state index is 10.8. The van der Waals surface area contributed by atoms with Crippen LogP contribution < -0.4 is 0 Å². The molecule has 3 aliphatic rings. The monoisotopic (exact) mass is 258 g/mol. The summed E-state index contributed by atoms with van der Waals surface area (Å²) in [5, 5.41) is 10.8. The standard InChI is InChI=1S/C18H26O/c1-5-18(19)11-7-6-8-14(18)13-9-10-15-16(12(13)2)17(15,3)4/h5,7,9,11-12,14-16,19H,1,6,8,10H2,2-4H3/t12-,14+,15+,16-,18-/m0/s1. The summed E-state index contributed by atoms with van der Waals surface area (Å²) in [4.78, 5) is 0. The summed E-state index contributed by atoms with van der Waals surface area (Å²) in [6.45, 7) is 11.0. The van der Waals surface area contributed by atoms with Crippen molar-refractivity contribution in [2.75, 3.05) is 0 Å². The Morgan fingerprint density at radius 2 is 2.16 bits per heavy atom. The first-order chi connectivity index (χ1) is 8.92. The van der Waals surface area contributed by atoms with E-state index in [0.717, 1.165) is 24.7 Å². The van der Waals surface area contributed by atoms with Gasteiger partial charge in [-0.3, -0.25) is 0 Å². The van der Waals surface area contributed by atoms with Crippen molar-refractivity contribution in [3.05, 3.63) is 36.5 Å². The van der Waals surface area contributed by atoms with E-state index in [0.29, 0.717) is 11.3 Å². The average Bonchev–Trinajstić information content (AvgIpc) is 2.95. The Morgan fingerprint density at radius 1 is 1.42 bits per heavy atom. The zero-order valence-corrected chi connectivity index (χ0v) is 12.4. The summed E-state index contributed by atoms with van der Waals surface area (Å²) < 4.78 is 0. The van der Waals surface area contributed by atoms with Gasteiger partial charge in [-0.1, -0.05) is 57.2 Å². The van der Waals surface area contributed by atoms with E-state index in [4.69, 9.17) is 0 Å². The van der Waals surface area contributed by atoms with Gasteiger partial charge < -0.3 is 5.11 Å². The van der Waals surface area contributed by atoms with E-state index in [-0.39, 0.29) is 5.92 Å². The van der Waals surface area contributed by atoms with Gasteiger partial charge in [-0.15, -0.1) is 0 Å². The lowest BCUT2D eigenvalue weighted by Crippen LogP contribution is -2.39. The molecule has 3 rings (SSSR count). The molecule has 1 N–H and O–H groups in total. The summed E-state index contributed by atoms with van der Waals surface area (Å²) in [6, 6.07) is 0. The number of fused-ring (bicyclic) bond motifs is 1. The number of allylic oxidation sites excluding steroid dienone is 2. The van der Waals surface area contributed by atoms with E-state index in [9.17, 15) is 5.11 Å². The molecule has 0 radical (unpaired) electrons. The highest BCUT2D eigenvalue weighted by Crippen LogP contribution is 2.67. The van der Waals surface area contributed by atoms with Gasteiger partial charge in [-0.05, 0) is 42.4 Å². The minimum absolute atomic E-state index is 0.238. The molecule has 0 heterocycles.